The normalized spacial score (nSPS) is 15.0. The molecule has 0 bridgehead atoms. The van der Waals surface area contributed by atoms with E-state index in [-0.39, 0.29) is 0 Å². The lowest BCUT2D eigenvalue weighted by atomic mass is 10.3. The van der Waals surface area contributed by atoms with Gasteiger partial charge in [0.15, 0.2) is 0 Å². The van der Waals surface area contributed by atoms with Crippen molar-refractivity contribution in [2.45, 2.75) is 30.9 Å². The van der Waals surface area contributed by atoms with Crippen LogP contribution in [0, 0.1) is 0 Å². The quantitative estimate of drug-likeness (QED) is 0.438. The third-order valence-corrected chi connectivity index (χ3v) is 5.08. The number of nitrogens with one attached hydrogen (secondary N) is 1. The van der Waals surface area contributed by atoms with Gasteiger partial charge in [-0.2, -0.15) is 0 Å². The summed E-state index contributed by atoms with van der Waals surface area (Å²) >= 11 is 5.70. The summed E-state index contributed by atoms with van der Waals surface area (Å²) in [6, 6.07) is 0. The molecule has 1 N–H and O–H groups in total. The van der Waals surface area contributed by atoms with Gasteiger partial charge in [-0.05, 0) is 7.05 Å². The van der Waals surface area contributed by atoms with E-state index in [1.165, 1.54) is 0 Å². The summed E-state index contributed by atoms with van der Waals surface area (Å²) in [5, 5.41) is 3.50. The van der Waals surface area contributed by atoms with Crippen LogP contribution >= 0.6 is 33.2 Å². The third kappa shape index (κ3) is 7.32. The van der Waals surface area contributed by atoms with Crippen LogP contribution in [0.5, 0.6) is 0 Å². The van der Waals surface area contributed by atoms with Crippen molar-refractivity contribution in [3.05, 3.63) is 0 Å². The molecule has 0 aliphatic heterocycles. The van der Waals surface area contributed by atoms with Crippen molar-refractivity contribution < 1.29 is 0 Å². The molecule has 1 unspecified atom stereocenters. The van der Waals surface area contributed by atoms with Crippen LogP contribution in [0.4, 0.5) is 0 Å². The molecule has 0 fully saturated rings. The summed E-state index contributed by atoms with van der Waals surface area (Å²) in [5.74, 6) is 0.657. The van der Waals surface area contributed by atoms with Crippen molar-refractivity contribution in [2.75, 3.05) is 12.9 Å². The first-order valence-corrected chi connectivity index (χ1v) is 6.32. The Labute approximate surface area is 82.4 Å². The zero-order chi connectivity index (χ0) is 8.91. The Morgan fingerprint density at radius 3 is 2.27 bits per heavy atom. The monoisotopic (exact) mass is 213 g/mol. The van der Waals surface area contributed by atoms with E-state index in [0.717, 1.165) is 0 Å². The summed E-state index contributed by atoms with van der Waals surface area (Å²) in [6.07, 6.45) is 0. The molecule has 0 aromatic rings. The van der Waals surface area contributed by atoms with Gasteiger partial charge < -0.3 is 5.32 Å². The standard InChI is InChI=1S/C7H16ClNS2/c1-7(2,3)11-10-6(5-8)9-4/h6,9H,5H2,1-4H3. The molecule has 1 nitrogen and oxygen atoms in total. The van der Waals surface area contributed by atoms with Gasteiger partial charge in [-0.15, -0.1) is 11.6 Å². The zero-order valence-corrected chi connectivity index (χ0v) is 9.87. The maximum atomic E-state index is 5.70. The Hall–Kier alpha value is 0.950. The van der Waals surface area contributed by atoms with E-state index in [1.54, 1.807) is 10.8 Å². The minimum absolute atomic E-state index is 0.311. The first kappa shape index (κ1) is 11.9. The molecule has 68 valence electrons. The Kier molecular flexibility index (Phi) is 6.05. The summed E-state index contributed by atoms with van der Waals surface area (Å²) in [7, 11) is 5.60. The van der Waals surface area contributed by atoms with Crippen molar-refractivity contribution >= 4 is 33.2 Å². The molecule has 0 aliphatic carbocycles. The predicted octanol–water partition coefficient (Wildman–Crippen LogP) is 2.95. The largest absolute Gasteiger partial charge is 0.307 e. The number of rotatable bonds is 4. The van der Waals surface area contributed by atoms with Gasteiger partial charge in [0.1, 0.15) is 0 Å². The number of hydrogen-bond acceptors (Lipinski definition) is 3. The number of alkyl halides is 1. The van der Waals surface area contributed by atoms with Gasteiger partial charge in [0.2, 0.25) is 0 Å². The molecule has 0 amide bonds. The highest BCUT2D eigenvalue weighted by Gasteiger charge is 2.14. The topological polar surface area (TPSA) is 12.0 Å². The molecule has 0 heterocycles. The molecular weight excluding hydrogens is 198 g/mol. The lowest BCUT2D eigenvalue weighted by molar-refractivity contribution is 0.804. The second kappa shape index (κ2) is 5.57. The maximum Gasteiger partial charge on any atom is 0.0771 e. The molecule has 11 heavy (non-hydrogen) atoms. The third-order valence-electron chi connectivity index (χ3n) is 0.876. The van der Waals surface area contributed by atoms with Crippen LogP contribution in [0.1, 0.15) is 20.8 Å². The van der Waals surface area contributed by atoms with Crippen molar-refractivity contribution in [3.63, 3.8) is 0 Å². The Morgan fingerprint density at radius 1 is 1.45 bits per heavy atom. The van der Waals surface area contributed by atoms with E-state index in [9.17, 15) is 0 Å². The maximum absolute atomic E-state index is 5.70. The van der Waals surface area contributed by atoms with Gasteiger partial charge in [0.05, 0.1) is 5.37 Å². The second-order valence-corrected chi connectivity index (χ2v) is 6.76. The van der Waals surface area contributed by atoms with Crippen molar-refractivity contribution in [3.8, 4) is 0 Å². The SMILES string of the molecule is CNC(CCl)SSC(C)(C)C. The molecule has 0 aliphatic rings. The molecule has 0 aromatic carbocycles. The minimum atomic E-state index is 0.311. The van der Waals surface area contributed by atoms with Gasteiger partial charge in [-0.3, -0.25) is 0 Å². The Balaban J connectivity index is 3.51. The van der Waals surface area contributed by atoms with Crippen LogP contribution in [-0.4, -0.2) is 23.0 Å². The Morgan fingerprint density at radius 2 is 2.00 bits per heavy atom. The van der Waals surface area contributed by atoms with Crippen molar-refractivity contribution in [2.24, 2.45) is 0 Å². The first-order chi connectivity index (χ1) is 4.99. The highest BCUT2D eigenvalue weighted by Crippen LogP contribution is 2.37. The van der Waals surface area contributed by atoms with Crippen molar-refractivity contribution in [1.29, 1.82) is 0 Å². The highest BCUT2D eigenvalue weighted by atomic mass is 35.5. The molecule has 0 radical (unpaired) electrons. The molecule has 4 heteroatoms. The highest BCUT2D eigenvalue weighted by molar-refractivity contribution is 8.77. The van der Waals surface area contributed by atoms with E-state index in [4.69, 9.17) is 11.6 Å². The second-order valence-electron chi connectivity index (χ2n) is 3.22. The lowest BCUT2D eigenvalue weighted by Gasteiger charge is -2.20. The fraction of sp³-hybridized carbons (Fsp3) is 1.00. The molecule has 0 rings (SSSR count). The molecule has 0 saturated carbocycles. The van der Waals surface area contributed by atoms with Gasteiger partial charge >= 0.3 is 0 Å². The zero-order valence-electron chi connectivity index (χ0n) is 7.48. The summed E-state index contributed by atoms with van der Waals surface area (Å²) in [5.41, 5.74) is 0. The molecule has 0 spiro atoms. The van der Waals surface area contributed by atoms with Crippen LogP contribution in [0.3, 0.4) is 0 Å². The van der Waals surface area contributed by atoms with Crippen LogP contribution < -0.4 is 5.32 Å². The van der Waals surface area contributed by atoms with Crippen LogP contribution in [0.25, 0.3) is 0 Å². The summed E-state index contributed by atoms with van der Waals surface area (Å²) < 4.78 is 0.311. The van der Waals surface area contributed by atoms with Crippen molar-refractivity contribution in [1.82, 2.24) is 5.32 Å². The fourth-order valence-electron chi connectivity index (χ4n) is 0.353. The smallest absolute Gasteiger partial charge is 0.0771 e. The number of halogens is 1. The van der Waals surface area contributed by atoms with E-state index in [0.29, 0.717) is 16.0 Å². The van der Waals surface area contributed by atoms with E-state index < -0.39 is 0 Å². The fourth-order valence-corrected chi connectivity index (χ4v) is 3.18. The summed E-state index contributed by atoms with van der Waals surface area (Å²) in [4.78, 5) is 0. The summed E-state index contributed by atoms with van der Waals surface area (Å²) in [6.45, 7) is 6.60. The Bertz CT molecular complexity index is 99.1. The molecule has 0 aromatic heterocycles. The van der Waals surface area contributed by atoms with Gasteiger partial charge in [-0.1, -0.05) is 42.4 Å². The lowest BCUT2D eigenvalue weighted by Crippen LogP contribution is -2.23. The molecular formula is C7H16ClNS2. The van der Waals surface area contributed by atoms with Crippen LogP contribution in [-0.2, 0) is 0 Å². The first-order valence-electron chi connectivity index (χ1n) is 3.57. The molecule has 1 atom stereocenters. The van der Waals surface area contributed by atoms with Gasteiger partial charge in [0.25, 0.3) is 0 Å². The van der Waals surface area contributed by atoms with Crippen LogP contribution in [0.15, 0.2) is 0 Å². The van der Waals surface area contributed by atoms with Gasteiger partial charge in [0, 0.05) is 10.6 Å². The average Bonchev–Trinajstić information content (AvgIpc) is 1.88. The van der Waals surface area contributed by atoms with Gasteiger partial charge in [-0.25, -0.2) is 0 Å². The van der Waals surface area contributed by atoms with E-state index >= 15 is 0 Å². The minimum Gasteiger partial charge on any atom is -0.307 e. The van der Waals surface area contributed by atoms with Crippen LogP contribution in [0.2, 0.25) is 0 Å². The predicted molar refractivity (Wildman–Crippen MR) is 58.5 cm³/mol. The average molecular weight is 214 g/mol. The van der Waals surface area contributed by atoms with E-state index in [1.807, 2.05) is 17.8 Å². The van der Waals surface area contributed by atoms with E-state index in [2.05, 4.69) is 26.1 Å². The number of hydrogen-bond donors (Lipinski definition) is 1. The molecule has 0 saturated heterocycles.